The molecule has 3 nitrogen and oxygen atoms in total. The van der Waals surface area contributed by atoms with E-state index in [0.717, 1.165) is 11.8 Å². The van der Waals surface area contributed by atoms with E-state index in [0.29, 0.717) is 0 Å². The third-order valence-corrected chi connectivity index (χ3v) is 3.01. The van der Waals surface area contributed by atoms with Crippen LogP contribution in [0.1, 0.15) is 26.7 Å². The molecule has 0 heterocycles. The minimum Gasteiger partial charge on any atom is -0.668 e. The summed E-state index contributed by atoms with van der Waals surface area (Å²) in [5.41, 5.74) is 1.23. The van der Waals surface area contributed by atoms with E-state index < -0.39 is 0 Å². The largest absolute Gasteiger partial charge is 4.00 e. The molecular weight excluding hydrogens is 342 g/mol. The van der Waals surface area contributed by atoms with Gasteiger partial charge in [0.2, 0.25) is 0 Å². The van der Waals surface area contributed by atoms with Crippen LogP contribution in [0.3, 0.4) is 0 Å². The number of rotatable bonds is 1. The van der Waals surface area contributed by atoms with Crippen molar-refractivity contribution in [2.75, 3.05) is 42.3 Å². The van der Waals surface area contributed by atoms with Crippen LogP contribution >= 0.6 is 0 Å². The fraction of sp³-hybridized carbons (Fsp3) is 0.571. The molecule has 0 bridgehead atoms. The van der Waals surface area contributed by atoms with Crippen LogP contribution in [0.4, 0.5) is 0 Å². The number of allylic oxidation sites excluding steroid dienone is 7. The first kappa shape index (κ1) is 32.2. The third-order valence-electron chi connectivity index (χ3n) is 3.01. The third kappa shape index (κ3) is 25.9. The zero-order valence-corrected chi connectivity index (χ0v) is 19.2. The van der Waals surface area contributed by atoms with Gasteiger partial charge in [-0.2, -0.15) is 48.7 Å². The molecule has 0 aromatic carbocycles. The van der Waals surface area contributed by atoms with Crippen molar-refractivity contribution in [1.29, 1.82) is 0 Å². The molecule has 0 N–H and O–H groups in total. The summed E-state index contributed by atoms with van der Waals surface area (Å²) >= 11 is 0. The molecule has 0 saturated heterocycles. The smallest absolute Gasteiger partial charge is 0.668 e. The first-order chi connectivity index (χ1) is 11.5. The summed E-state index contributed by atoms with van der Waals surface area (Å²) in [6.45, 7) is 7.58. The topological polar surface area (TPSA) is 42.3 Å². The molecule has 0 aromatic rings. The number of hydrogen-bond acceptors (Lipinski definition) is 0. The summed E-state index contributed by atoms with van der Waals surface area (Å²) < 4.78 is 0. The van der Waals surface area contributed by atoms with Gasteiger partial charge in [0.05, 0.1) is 0 Å². The molecular formula is C21H39N3Ti. The maximum Gasteiger partial charge on any atom is 4.00 e. The van der Waals surface area contributed by atoms with E-state index >= 15 is 0 Å². The Labute approximate surface area is 173 Å². The molecule has 2 atom stereocenters. The van der Waals surface area contributed by atoms with Crippen LogP contribution in [0.15, 0.2) is 48.6 Å². The maximum atomic E-state index is 3.56. The maximum absolute atomic E-state index is 3.56. The van der Waals surface area contributed by atoms with Crippen LogP contribution in [-0.4, -0.2) is 42.3 Å². The van der Waals surface area contributed by atoms with Crippen molar-refractivity contribution in [3.63, 3.8) is 0 Å². The van der Waals surface area contributed by atoms with Crippen LogP contribution in [0, 0.1) is 18.3 Å². The molecule has 25 heavy (non-hydrogen) atoms. The molecule has 0 aromatic heterocycles. The second-order valence-electron chi connectivity index (χ2n) is 5.40. The predicted octanol–water partition coefficient (Wildman–Crippen LogP) is 6.34. The molecule has 1 saturated carbocycles. The second-order valence-corrected chi connectivity index (χ2v) is 5.40. The van der Waals surface area contributed by atoms with Crippen LogP contribution in [0.2, 0.25) is 0 Å². The number of hydrogen-bond donors (Lipinski definition) is 0. The SMILES string of the molecule is C1=CC2[CH-]CCC2C=C1.C=CC(C)=CC.C[N-]C.C[N-]C.C[N-]C.[Ti+4]. The monoisotopic (exact) mass is 381 g/mol. The normalized spacial score (nSPS) is 19.0. The summed E-state index contributed by atoms with van der Waals surface area (Å²) in [4.78, 5) is 0. The molecule has 0 spiro atoms. The summed E-state index contributed by atoms with van der Waals surface area (Å²) in [7, 11) is 10.5. The van der Waals surface area contributed by atoms with Gasteiger partial charge in [0.1, 0.15) is 0 Å². The molecule has 2 aliphatic carbocycles. The number of fused-ring (bicyclic) bond motifs is 1. The Morgan fingerprint density at radius 3 is 1.76 bits per heavy atom. The molecule has 0 radical (unpaired) electrons. The van der Waals surface area contributed by atoms with E-state index in [-0.39, 0.29) is 21.7 Å². The zero-order valence-electron chi connectivity index (χ0n) is 17.7. The van der Waals surface area contributed by atoms with E-state index in [4.69, 9.17) is 0 Å². The Balaban J connectivity index is -0.000000122. The van der Waals surface area contributed by atoms with Gasteiger partial charge in [0, 0.05) is 0 Å². The minimum absolute atomic E-state index is 0. The van der Waals surface area contributed by atoms with Crippen molar-refractivity contribution in [1.82, 2.24) is 0 Å². The van der Waals surface area contributed by atoms with E-state index in [1.165, 1.54) is 18.4 Å². The van der Waals surface area contributed by atoms with Gasteiger partial charge in [-0.1, -0.05) is 49.0 Å². The van der Waals surface area contributed by atoms with Gasteiger partial charge in [0.15, 0.2) is 0 Å². The molecule has 2 rings (SSSR count). The van der Waals surface area contributed by atoms with E-state index in [9.17, 15) is 0 Å². The first-order valence-corrected chi connectivity index (χ1v) is 8.40. The Bertz CT molecular complexity index is 313. The van der Waals surface area contributed by atoms with Crippen molar-refractivity contribution in [2.45, 2.75) is 26.7 Å². The van der Waals surface area contributed by atoms with Gasteiger partial charge < -0.3 is 22.4 Å². The van der Waals surface area contributed by atoms with Crippen LogP contribution in [0.25, 0.3) is 16.0 Å². The average Bonchev–Trinajstić information content (AvgIpc) is 3.05. The first-order valence-electron chi connectivity index (χ1n) is 8.40. The Hall–Kier alpha value is -0.446. The van der Waals surface area contributed by atoms with Crippen molar-refractivity contribution in [3.8, 4) is 0 Å². The van der Waals surface area contributed by atoms with Crippen LogP contribution in [-0.2, 0) is 21.7 Å². The van der Waals surface area contributed by atoms with Crippen molar-refractivity contribution in [2.24, 2.45) is 11.8 Å². The second kappa shape index (κ2) is 28.4. The molecule has 2 aliphatic rings. The van der Waals surface area contributed by atoms with E-state index in [1.54, 1.807) is 42.3 Å². The fourth-order valence-corrected chi connectivity index (χ4v) is 1.81. The van der Waals surface area contributed by atoms with E-state index in [1.807, 2.05) is 26.0 Å². The Morgan fingerprint density at radius 2 is 1.44 bits per heavy atom. The Kier molecular flexibility index (Phi) is 36.6. The van der Waals surface area contributed by atoms with Gasteiger partial charge in [-0.3, -0.25) is 0 Å². The van der Waals surface area contributed by atoms with Gasteiger partial charge in [-0.25, -0.2) is 0 Å². The summed E-state index contributed by atoms with van der Waals surface area (Å²) in [6.07, 6.45) is 17.9. The van der Waals surface area contributed by atoms with Crippen molar-refractivity contribution >= 4 is 0 Å². The van der Waals surface area contributed by atoms with E-state index in [2.05, 4.69) is 53.3 Å². The van der Waals surface area contributed by atoms with Crippen LogP contribution in [0.5, 0.6) is 0 Å². The zero-order chi connectivity index (χ0) is 19.2. The van der Waals surface area contributed by atoms with Gasteiger partial charge in [-0.15, -0.1) is 12.0 Å². The van der Waals surface area contributed by atoms with Gasteiger partial charge >= 0.3 is 21.7 Å². The van der Waals surface area contributed by atoms with Gasteiger partial charge in [-0.05, 0) is 19.8 Å². The summed E-state index contributed by atoms with van der Waals surface area (Å²) in [5, 5.41) is 10.5. The Morgan fingerprint density at radius 1 is 1.00 bits per heavy atom. The van der Waals surface area contributed by atoms with Crippen molar-refractivity contribution in [3.05, 3.63) is 71.0 Å². The molecule has 4 heteroatoms. The van der Waals surface area contributed by atoms with Crippen LogP contribution < -0.4 is 0 Å². The molecule has 0 aliphatic heterocycles. The summed E-state index contributed by atoms with van der Waals surface area (Å²) in [5.74, 6) is 1.62. The standard InChI is InChI=1S/C9H11.C6H10.3C2H6N.Ti/c1-2-5-9-7-3-6-8(9)4-1;1-4-6(3)5-2;3*1-3-2;/h1-2,4-6,8-9H,3,7H2;4-5H,1H2,2-3H3;3*1-2H3;/q-1;;3*-1;+4. The summed E-state index contributed by atoms with van der Waals surface area (Å²) in [6, 6.07) is 0. The average molecular weight is 381 g/mol. The fourth-order valence-electron chi connectivity index (χ4n) is 1.81. The minimum atomic E-state index is 0. The quantitative estimate of drug-likeness (QED) is 0.289. The van der Waals surface area contributed by atoms with Crippen molar-refractivity contribution < 1.29 is 21.7 Å². The molecule has 0 amide bonds. The predicted molar refractivity (Wildman–Crippen MR) is 114 cm³/mol. The van der Waals surface area contributed by atoms with Gasteiger partial charge in [0.25, 0.3) is 0 Å². The molecule has 1 fully saturated rings. The number of nitrogens with zero attached hydrogens (tertiary/aromatic N) is 3. The molecule has 142 valence electrons. The molecule has 2 unspecified atom stereocenters.